The van der Waals surface area contributed by atoms with Crippen LogP contribution >= 0.6 is 15.9 Å². The molecule has 0 saturated carbocycles. The molecule has 0 spiro atoms. The monoisotopic (exact) mass is 238 g/mol. The molecule has 2 rings (SSSR count). The molecule has 2 aromatic rings. The van der Waals surface area contributed by atoms with Crippen LogP contribution in [0.5, 0.6) is 0 Å². The third-order valence-corrected chi connectivity index (χ3v) is 2.82. The van der Waals surface area contributed by atoms with E-state index in [-0.39, 0.29) is 5.43 Å². The van der Waals surface area contributed by atoms with Crippen molar-refractivity contribution in [3.63, 3.8) is 0 Å². The zero-order valence-corrected chi connectivity index (χ0v) is 8.59. The lowest BCUT2D eigenvalue weighted by molar-refractivity contribution is 0.560. The van der Waals surface area contributed by atoms with Crippen molar-refractivity contribution in [1.82, 2.24) is 0 Å². The van der Waals surface area contributed by atoms with Crippen LogP contribution in [0, 0.1) is 6.92 Å². The van der Waals surface area contributed by atoms with Gasteiger partial charge in [0.15, 0.2) is 0 Å². The third kappa shape index (κ3) is 1.29. The van der Waals surface area contributed by atoms with Crippen LogP contribution in [0.25, 0.3) is 11.0 Å². The van der Waals surface area contributed by atoms with E-state index in [1.54, 1.807) is 19.1 Å². The van der Waals surface area contributed by atoms with Crippen LogP contribution in [0.1, 0.15) is 5.76 Å². The summed E-state index contributed by atoms with van der Waals surface area (Å²) < 4.78 is 5.93. The highest BCUT2D eigenvalue weighted by Crippen LogP contribution is 2.17. The Labute approximate surface area is 83.3 Å². The second-order valence-electron chi connectivity index (χ2n) is 2.80. The van der Waals surface area contributed by atoms with E-state index in [2.05, 4.69) is 15.9 Å². The first kappa shape index (κ1) is 8.51. The van der Waals surface area contributed by atoms with Crippen molar-refractivity contribution in [2.75, 3.05) is 0 Å². The molecule has 1 aromatic carbocycles. The maximum atomic E-state index is 11.6. The molecule has 1 heterocycles. The molecule has 0 aliphatic heterocycles. The predicted molar refractivity (Wildman–Crippen MR) is 54.9 cm³/mol. The molecule has 0 bridgehead atoms. The fourth-order valence-electron chi connectivity index (χ4n) is 1.23. The summed E-state index contributed by atoms with van der Waals surface area (Å²) in [6, 6.07) is 7.21. The maximum Gasteiger partial charge on any atom is 0.207 e. The lowest BCUT2D eigenvalue weighted by Gasteiger charge is -1.99. The van der Waals surface area contributed by atoms with E-state index in [9.17, 15) is 4.79 Å². The number of aryl methyl sites for hydroxylation is 1. The van der Waals surface area contributed by atoms with E-state index in [0.29, 0.717) is 21.2 Å². The fraction of sp³-hybridized carbons (Fsp3) is 0.100. The van der Waals surface area contributed by atoms with Gasteiger partial charge in [0.05, 0.1) is 5.39 Å². The number of hydrogen-bond donors (Lipinski definition) is 0. The van der Waals surface area contributed by atoms with E-state index >= 15 is 0 Å². The first-order valence-electron chi connectivity index (χ1n) is 3.88. The average Bonchev–Trinajstić information content (AvgIpc) is 2.15. The fourth-order valence-corrected chi connectivity index (χ4v) is 1.53. The highest BCUT2D eigenvalue weighted by atomic mass is 79.9. The molecule has 0 fully saturated rings. The van der Waals surface area contributed by atoms with Gasteiger partial charge >= 0.3 is 0 Å². The highest BCUT2D eigenvalue weighted by molar-refractivity contribution is 9.10. The first-order valence-corrected chi connectivity index (χ1v) is 4.67. The van der Waals surface area contributed by atoms with Crippen LogP contribution in [-0.4, -0.2) is 0 Å². The number of halogens is 1. The van der Waals surface area contributed by atoms with Gasteiger partial charge in [0.2, 0.25) is 5.43 Å². The van der Waals surface area contributed by atoms with Crippen LogP contribution in [0.2, 0.25) is 0 Å². The summed E-state index contributed by atoms with van der Waals surface area (Å²) in [4.78, 5) is 11.6. The maximum absolute atomic E-state index is 11.6. The normalized spacial score (nSPS) is 10.6. The van der Waals surface area contributed by atoms with Gasteiger partial charge < -0.3 is 4.42 Å². The number of hydrogen-bond acceptors (Lipinski definition) is 2. The molecule has 13 heavy (non-hydrogen) atoms. The largest absolute Gasteiger partial charge is 0.460 e. The molecule has 0 N–H and O–H groups in total. The Balaban J connectivity index is 3.03. The van der Waals surface area contributed by atoms with Gasteiger partial charge in [-0.15, -0.1) is 0 Å². The van der Waals surface area contributed by atoms with Gasteiger partial charge in [-0.25, -0.2) is 0 Å². The van der Waals surface area contributed by atoms with Gasteiger partial charge in [0, 0.05) is 0 Å². The zero-order valence-electron chi connectivity index (χ0n) is 7.00. The predicted octanol–water partition coefficient (Wildman–Crippen LogP) is 2.86. The van der Waals surface area contributed by atoms with Gasteiger partial charge in [-0.3, -0.25) is 4.79 Å². The van der Waals surface area contributed by atoms with Crippen molar-refractivity contribution in [2.24, 2.45) is 0 Å². The Bertz CT molecular complexity index is 514. The topological polar surface area (TPSA) is 30.2 Å². The molecule has 0 amide bonds. The number of benzene rings is 1. The third-order valence-electron chi connectivity index (χ3n) is 1.90. The van der Waals surface area contributed by atoms with Gasteiger partial charge in [0.25, 0.3) is 0 Å². The second kappa shape index (κ2) is 3.00. The Kier molecular flexibility index (Phi) is 1.96. The van der Waals surface area contributed by atoms with E-state index in [1.165, 1.54) is 0 Å². The lowest BCUT2D eigenvalue weighted by Crippen LogP contribution is -2.03. The van der Waals surface area contributed by atoms with Crippen LogP contribution in [0.15, 0.2) is 37.9 Å². The van der Waals surface area contributed by atoms with Crippen molar-refractivity contribution >= 4 is 26.9 Å². The van der Waals surface area contributed by atoms with Gasteiger partial charge in [0.1, 0.15) is 15.8 Å². The lowest BCUT2D eigenvalue weighted by atomic mass is 10.2. The second-order valence-corrected chi connectivity index (χ2v) is 3.59. The van der Waals surface area contributed by atoms with Crippen LogP contribution < -0.4 is 5.43 Å². The number of rotatable bonds is 0. The molecule has 0 aliphatic rings. The molecule has 3 heteroatoms. The molecule has 0 unspecified atom stereocenters. The van der Waals surface area contributed by atoms with E-state index in [0.717, 1.165) is 0 Å². The van der Waals surface area contributed by atoms with Crippen molar-refractivity contribution in [3.8, 4) is 0 Å². The average molecular weight is 239 g/mol. The van der Waals surface area contributed by atoms with Crippen molar-refractivity contribution in [2.45, 2.75) is 6.92 Å². The van der Waals surface area contributed by atoms with Crippen molar-refractivity contribution < 1.29 is 4.42 Å². The van der Waals surface area contributed by atoms with Crippen molar-refractivity contribution in [1.29, 1.82) is 0 Å². The first-order chi connectivity index (χ1) is 6.20. The van der Waals surface area contributed by atoms with E-state index < -0.39 is 0 Å². The molecule has 1 aromatic heterocycles. The van der Waals surface area contributed by atoms with Crippen molar-refractivity contribution in [3.05, 3.63) is 44.7 Å². The molecule has 0 radical (unpaired) electrons. The molecule has 0 aliphatic carbocycles. The summed E-state index contributed by atoms with van der Waals surface area (Å²) in [6.45, 7) is 1.76. The number of fused-ring (bicyclic) bond motifs is 1. The molecule has 0 saturated heterocycles. The van der Waals surface area contributed by atoms with E-state index in [1.807, 2.05) is 12.1 Å². The quantitative estimate of drug-likeness (QED) is 0.707. The molecule has 66 valence electrons. The summed E-state index contributed by atoms with van der Waals surface area (Å²) in [5.41, 5.74) is 0.618. The summed E-state index contributed by atoms with van der Waals surface area (Å²) >= 11 is 3.19. The standard InChI is InChI=1S/C10H7BrO2/c1-6-9(11)10(12)7-4-2-3-5-8(7)13-6/h2-5H,1H3. The molecule has 2 nitrogen and oxygen atoms in total. The summed E-state index contributed by atoms with van der Waals surface area (Å²) in [5.74, 6) is 0.615. The van der Waals surface area contributed by atoms with Crippen LogP contribution in [0.4, 0.5) is 0 Å². The minimum absolute atomic E-state index is 0.0145. The smallest absolute Gasteiger partial charge is 0.207 e. The SMILES string of the molecule is Cc1oc2ccccc2c(=O)c1Br. The Morgan fingerprint density at radius 2 is 2.00 bits per heavy atom. The van der Waals surface area contributed by atoms with Gasteiger partial charge in [-0.05, 0) is 35.0 Å². The molecule has 0 atom stereocenters. The molecular weight excluding hydrogens is 232 g/mol. The van der Waals surface area contributed by atoms with Crippen LogP contribution in [-0.2, 0) is 0 Å². The summed E-state index contributed by atoms with van der Waals surface area (Å²) in [7, 11) is 0. The summed E-state index contributed by atoms with van der Waals surface area (Å²) in [6.07, 6.45) is 0. The van der Waals surface area contributed by atoms with Gasteiger partial charge in [-0.2, -0.15) is 0 Å². The zero-order chi connectivity index (χ0) is 9.42. The minimum atomic E-state index is -0.0145. The summed E-state index contributed by atoms with van der Waals surface area (Å²) in [5, 5.41) is 0.611. The Hall–Kier alpha value is -1.09. The molecular formula is C10H7BrO2. The van der Waals surface area contributed by atoms with Gasteiger partial charge in [-0.1, -0.05) is 12.1 Å². The Morgan fingerprint density at radius 3 is 2.77 bits per heavy atom. The van der Waals surface area contributed by atoms with Crippen LogP contribution in [0.3, 0.4) is 0 Å². The number of para-hydroxylation sites is 1. The van der Waals surface area contributed by atoms with E-state index in [4.69, 9.17) is 4.42 Å². The Morgan fingerprint density at radius 1 is 1.31 bits per heavy atom. The highest BCUT2D eigenvalue weighted by Gasteiger charge is 2.06. The minimum Gasteiger partial charge on any atom is -0.460 e.